The summed E-state index contributed by atoms with van der Waals surface area (Å²) in [5.74, 6) is 0. The van der Waals surface area contributed by atoms with E-state index in [0.29, 0.717) is 0 Å². The second-order valence-electron chi connectivity index (χ2n) is 2.71. The average Bonchev–Trinajstić information content (AvgIpc) is 2.54. The number of fused-ring (bicyclic) bond motifs is 1. The summed E-state index contributed by atoms with van der Waals surface area (Å²) in [7, 11) is 2.14. The third-order valence-electron chi connectivity index (χ3n) is 1.87. The van der Waals surface area contributed by atoms with Crippen molar-refractivity contribution in [1.82, 2.24) is 9.88 Å². The van der Waals surface area contributed by atoms with Crippen molar-refractivity contribution >= 4 is 11.3 Å². The second-order valence-corrected chi connectivity index (χ2v) is 3.65. The molecule has 2 nitrogen and oxygen atoms in total. The number of hydrogen-bond acceptors (Lipinski definition) is 3. The molecule has 0 fully saturated rings. The Bertz CT molecular complexity index is 232. The molecule has 0 radical (unpaired) electrons. The van der Waals surface area contributed by atoms with E-state index in [1.165, 1.54) is 23.5 Å². The van der Waals surface area contributed by atoms with Crippen LogP contribution in [0.2, 0.25) is 0 Å². The minimum atomic E-state index is 1.04. The summed E-state index contributed by atoms with van der Waals surface area (Å²) in [5.41, 5.74) is 3.24. The van der Waals surface area contributed by atoms with E-state index in [4.69, 9.17) is 0 Å². The van der Waals surface area contributed by atoms with Crippen LogP contribution in [0.5, 0.6) is 0 Å². The summed E-state index contributed by atoms with van der Waals surface area (Å²) in [5, 5.41) is 0. The lowest BCUT2D eigenvalue weighted by molar-refractivity contribution is 0.311. The van der Waals surface area contributed by atoms with E-state index >= 15 is 0 Å². The van der Waals surface area contributed by atoms with Gasteiger partial charge in [-0.05, 0) is 13.5 Å². The van der Waals surface area contributed by atoms with Crippen molar-refractivity contribution in [3.05, 3.63) is 16.1 Å². The minimum Gasteiger partial charge on any atom is -0.300 e. The first-order chi connectivity index (χ1) is 5.86. The Hall–Kier alpha value is -0.410. The maximum Gasteiger partial charge on any atom is 0.0798 e. The molecule has 0 saturated heterocycles. The molecule has 0 N–H and O–H groups in total. The number of rotatable bonds is 0. The van der Waals surface area contributed by atoms with Crippen LogP contribution in [0.3, 0.4) is 0 Å². The molecule has 0 aliphatic carbocycles. The lowest BCUT2D eigenvalue weighted by Gasteiger charge is -2.20. The van der Waals surface area contributed by atoms with E-state index in [0.717, 1.165) is 6.54 Å². The first-order valence-electron chi connectivity index (χ1n) is 4.46. The van der Waals surface area contributed by atoms with E-state index in [9.17, 15) is 0 Å². The van der Waals surface area contributed by atoms with E-state index in [2.05, 4.69) is 16.9 Å². The molecule has 68 valence electrons. The first kappa shape index (κ1) is 9.68. The zero-order chi connectivity index (χ0) is 8.97. The van der Waals surface area contributed by atoms with Gasteiger partial charge < -0.3 is 4.90 Å². The van der Waals surface area contributed by atoms with Crippen molar-refractivity contribution in [2.24, 2.45) is 0 Å². The quantitative estimate of drug-likeness (QED) is 0.614. The predicted octanol–water partition coefficient (Wildman–Crippen LogP) is 2.16. The maximum absolute atomic E-state index is 4.28. The van der Waals surface area contributed by atoms with Crippen molar-refractivity contribution in [3.63, 3.8) is 0 Å². The third-order valence-corrected chi connectivity index (χ3v) is 2.80. The van der Waals surface area contributed by atoms with Crippen LogP contribution in [-0.4, -0.2) is 23.5 Å². The zero-order valence-corrected chi connectivity index (χ0v) is 8.82. The number of thiazole rings is 1. The van der Waals surface area contributed by atoms with Crippen LogP contribution in [0.1, 0.15) is 24.4 Å². The van der Waals surface area contributed by atoms with Gasteiger partial charge in [0.15, 0.2) is 0 Å². The Morgan fingerprint density at radius 3 is 3.00 bits per heavy atom. The summed E-state index contributed by atoms with van der Waals surface area (Å²) in [6.07, 6.45) is 1.19. The summed E-state index contributed by atoms with van der Waals surface area (Å²) in [4.78, 5) is 8.08. The van der Waals surface area contributed by atoms with Gasteiger partial charge in [0.05, 0.1) is 11.2 Å². The van der Waals surface area contributed by atoms with Crippen molar-refractivity contribution in [1.29, 1.82) is 0 Å². The smallest absolute Gasteiger partial charge is 0.0798 e. The van der Waals surface area contributed by atoms with Crippen molar-refractivity contribution < 1.29 is 0 Å². The molecule has 1 aliphatic heterocycles. The fourth-order valence-corrected chi connectivity index (χ4v) is 2.02. The first-order valence-corrected chi connectivity index (χ1v) is 5.34. The fourth-order valence-electron chi connectivity index (χ4n) is 1.25. The van der Waals surface area contributed by atoms with Gasteiger partial charge in [0.1, 0.15) is 0 Å². The van der Waals surface area contributed by atoms with E-state index in [1.54, 1.807) is 11.3 Å². The van der Waals surface area contributed by atoms with E-state index in [-0.39, 0.29) is 0 Å². The van der Waals surface area contributed by atoms with Gasteiger partial charge in [-0.15, -0.1) is 11.3 Å². The van der Waals surface area contributed by atoms with Crippen LogP contribution in [0.25, 0.3) is 0 Å². The minimum absolute atomic E-state index is 1.04. The highest BCUT2D eigenvalue weighted by Gasteiger charge is 2.14. The van der Waals surface area contributed by atoms with Crippen LogP contribution in [-0.2, 0) is 13.0 Å². The summed E-state index contributed by atoms with van der Waals surface area (Å²) in [6.45, 7) is 6.23. The van der Waals surface area contributed by atoms with Gasteiger partial charge in [0, 0.05) is 18.0 Å². The Balaban J connectivity index is 0.000000336. The molecule has 0 aromatic carbocycles. The maximum atomic E-state index is 4.28. The van der Waals surface area contributed by atoms with Gasteiger partial charge in [-0.3, -0.25) is 0 Å². The third kappa shape index (κ3) is 2.05. The van der Waals surface area contributed by atoms with E-state index < -0.39 is 0 Å². The number of likely N-dealkylation sites (N-methyl/N-ethyl adjacent to an activating group) is 1. The average molecular weight is 184 g/mol. The molecule has 1 aliphatic rings. The molecule has 0 atom stereocenters. The van der Waals surface area contributed by atoms with Gasteiger partial charge in [-0.2, -0.15) is 0 Å². The van der Waals surface area contributed by atoms with Crippen LogP contribution >= 0.6 is 11.3 Å². The van der Waals surface area contributed by atoms with Crippen LogP contribution < -0.4 is 0 Å². The molecule has 2 rings (SSSR count). The number of aromatic nitrogens is 1. The normalized spacial score (nSPS) is 16.2. The monoisotopic (exact) mass is 184 g/mol. The number of hydrogen-bond donors (Lipinski definition) is 0. The molecule has 1 aromatic heterocycles. The Morgan fingerprint density at radius 1 is 1.50 bits per heavy atom. The second kappa shape index (κ2) is 4.58. The Labute approximate surface area is 78.2 Å². The molecule has 0 bridgehead atoms. The lowest BCUT2D eigenvalue weighted by atomic mass is 10.2. The molecular weight excluding hydrogens is 168 g/mol. The van der Waals surface area contributed by atoms with Gasteiger partial charge in [0.2, 0.25) is 0 Å². The van der Waals surface area contributed by atoms with Gasteiger partial charge >= 0.3 is 0 Å². The molecule has 0 spiro atoms. The highest BCUT2D eigenvalue weighted by atomic mass is 32.1. The predicted molar refractivity (Wildman–Crippen MR) is 53.5 cm³/mol. The standard InChI is InChI=1S/C7H10N2S.C2H6/c1-9-3-2-7-6(4-9)8-5-10-7;1-2/h5H,2-4H2,1H3;1-2H3. The Kier molecular flexibility index (Phi) is 3.69. The topological polar surface area (TPSA) is 16.1 Å². The molecule has 0 saturated carbocycles. The van der Waals surface area contributed by atoms with Gasteiger partial charge in [-0.25, -0.2) is 4.98 Å². The molecular formula is C9H16N2S. The summed E-state index contributed by atoms with van der Waals surface area (Å²) in [6, 6.07) is 0. The molecule has 1 aromatic rings. The number of nitrogens with zero attached hydrogens (tertiary/aromatic N) is 2. The van der Waals surface area contributed by atoms with Gasteiger partial charge in [-0.1, -0.05) is 13.8 Å². The molecule has 0 unspecified atom stereocenters. The summed E-state index contributed by atoms with van der Waals surface area (Å²) >= 11 is 1.79. The van der Waals surface area contributed by atoms with E-state index in [1.807, 2.05) is 19.4 Å². The molecule has 0 amide bonds. The van der Waals surface area contributed by atoms with Gasteiger partial charge in [0.25, 0.3) is 0 Å². The Morgan fingerprint density at radius 2 is 2.25 bits per heavy atom. The van der Waals surface area contributed by atoms with Crippen molar-refractivity contribution in [2.75, 3.05) is 13.6 Å². The highest BCUT2D eigenvalue weighted by molar-refractivity contribution is 7.09. The fraction of sp³-hybridized carbons (Fsp3) is 0.667. The largest absolute Gasteiger partial charge is 0.300 e. The zero-order valence-electron chi connectivity index (χ0n) is 8.00. The summed E-state index contributed by atoms with van der Waals surface area (Å²) < 4.78 is 0. The van der Waals surface area contributed by atoms with Crippen molar-refractivity contribution in [2.45, 2.75) is 26.8 Å². The molecule has 3 heteroatoms. The highest BCUT2D eigenvalue weighted by Crippen LogP contribution is 2.19. The lowest BCUT2D eigenvalue weighted by Crippen LogP contribution is -2.25. The molecule has 2 heterocycles. The SMILES string of the molecule is CC.CN1CCc2scnc2C1. The van der Waals surface area contributed by atoms with Crippen LogP contribution in [0.15, 0.2) is 5.51 Å². The van der Waals surface area contributed by atoms with Crippen LogP contribution in [0.4, 0.5) is 0 Å². The molecule has 12 heavy (non-hydrogen) atoms. The van der Waals surface area contributed by atoms with Crippen LogP contribution in [0, 0.1) is 0 Å². The van der Waals surface area contributed by atoms with Crippen molar-refractivity contribution in [3.8, 4) is 0 Å².